The van der Waals surface area contributed by atoms with E-state index in [2.05, 4.69) is 5.32 Å². The molecular weight excluding hydrogens is 352 g/mol. The predicted molar refractivity (Wildman–Crippen MR) is 102 cm³/mol. The molecule has 1 amide bonds. The van der Waals surface area contributed by atoms with E-state index in [9.17, 15) is 9.18 Å². The summed E-state index contributed by atoms with van der Waals surface area (Å²) in [7, 11) is 3.90. The van der Waals surface area contributed by atoms with Crippen LogP contribution in [-0.4, -0.2) is 38.0 Å². The van der Waals surface area contributed by atoms with Gasteiger partial charge in [-0.05, 0) is 51.2 Å². The minimum Gasteiger partial charge on any atom is -0.354 e. The van der Waals surface area contributed by atoms with Gasteiger partial charge in [0.05, 0.1) is 6.04 Å². The minimum absolute atomic E-state index is 0. The third kappa shape index (κ3) is 10.1. The zero-order valence-corrected chi connectivity index (χ0v) is 16.1. The summed E-state index contributed by atoms with van der Waals surface area (Å²) in [4.78, 5) is 13.9. The Morgan fingerprint density at radius 3 is 2.25 bits per heavy atom. The highest BCUT2D eigenvalue weighted by Gasteiger charge is 2.15. The quantitative estimate of drug-likeness (QED) is 0.611. The number of nitrogens with zero attached hydrogens (tertiary/aromatic N) is 1. The van der Waals surface area contributed by atoms with Crippen molar-refractivity contribution in [1.29, 1.82) is 0 Å². The first-order chi connectivity index (χ1) is 10.5. The first-order valence-electron chi connectivity index (χ1n) is 7.93. The van der Waals surface area contributed by atoms with Crippen LogP contribution in [0, 0.1) is 5.82 Å². The van der Waals surface area contributed by atoms with E-state index in [4.69, 9.17) is 5.73 Å². The fourth-order valence-corrected chi connectivity index (χ4v) is 2.37. The van der Waals surface area contributed by atoms with Crippen LogP contribution in [0.2, 0.25) is 0 Å². The van der Waals surface area contributed by atoms with Crippen LogP contribution in [0.4, 0.5) is 4.39 Å². The first kappa shape index (κ1) is 25.4. The number of amides is 1. The molecule has 140 valence electrons. The number of carbonyl (C=O) groups is 1. The number of halogens is 3. The monoisotopic (exact) mass is 381 g/mol. The van der Waals surface area contributed by atoms with E-state index in [1.807, 2.05) is 19.0 Å². The van der Waals surface area contributed by atoms with Gasteiger partial charge in [0.15, 0.2) is 0 Å². The summed E-state index contributed by atoms with van der Waals surface area (Å²) in [5.41, 5.74) is 6.43. The maximum Gasteiger partial charge on any atom is 0.220 e. The summed E-state index contributed by atoms with van der Waals surface area (Å²) >= 11 is 0. The summed E-state index contributed by atoms with van der Waals surface area (Å²) in [6.07, 6.45) is 4.59. The van der Waals surface area contributed by atoms with Gasteiger partial charge in [0.2, 0.25) is 5.91 Å². The number of nitrogens with two attached hydrogens (primary N) is 1. The minimum atomic E-state index is -0.247. The van der Waals surface area contributed by atoms with Crippen molar-refractivity contribution in [3.8, 4) is 0 Å². The fraction of sp³-hybridized carbons (Fsp3) is 0.588. The molecule has 1 aromatic rings. The Bertz CT molecular complexity index is 444. The van der Waals surface area contributed by atoms with E-state index in [1.165, 1.54) is 12.1 Å². The van der Waals surface area contributed by atoms with Gasteiger partial charge in [-0.25, -0.2) is 4.39 Å². The van der Waals surface area contributed by atoms with Crippen LogP contribution in [-0.2, 0) is 4.79 Å². The molecule has 1 aromatic carbocycles. The highest BCUT2D eigenvalue weighted by atomic mass is 35.5. The molecule has 0 spiro atoms. The SMILES string of the molecule is CN(C)C(CNC(=O)CCCCCCN)c1ccc(F)cc1.Cl.Cl. The summed E-state index contributed by atoms with van der Waals surface area (Å²) in [6, 6.07) is 6.47. The van der Waals surface area contributed by atoms with E-state index in [-0.39, 0.29) is 42.6 Å². The molecule has 7 heteroatoms. The van der Waals surface area contributed by atoms with Crippen LogP contribution in [0.3, 0.4) is 0 Å². The Morgan fingerprint density at radius 1 is 1.12 bits per heavy atom. The lowest BCUT2D eigenvalue weighted by Crippen LogP contribution is -2.34. The van der Waals surface area contributed by atoms with Crippen LogP contribution in [0.1, 0.15) is 43.7 Å². The van der Waals surface area contributed by atoms with Gasteiger partial charge in [0.25, 0.3) is 0 Å². The van der Waals surface area contributed by atoms with Crippen molar-refractivity contribution in [3.63, 3.8) is 0 Å². The van der Waals surface area contributed by atoms with Crippen molar-refractivity contribution in [2.45, 2.75) is 38.1 Å². The van der Waals surface area contributed by atoms with E-state index >= 15 is 0 Å². The molecule has 0 aliphatic rings. The third-order valence-corrected chi connectivity index (χ3v) is 3.73. The lowest BCUT2D eigenvalue weighted by atomic mass is 10.1. The predicted octanol–water partition coefficient (Wildman–Crippen LogP) is 3.30. The number of rotatable bonds is 10. The lowest BCUT2D eigenvalue weighted by molar-refractivity contribution is -0.121. The Morgan fingerprint density at radius 2 is 1.71 bits per heavy atom. The fourth-order valence-electron chi connectivity index (χ4n) is 2.37. The molecule has 0 aliphatic heterocycles. The summed E-state index contributed by atoms with van der Waals surface area (Å²) < 4.78 is 13.0. The van der Waals surface area contributed by atoms with Crippen molar-refractivity contribution >= 4 is 30.7 Å². The molecule has 4 nitrogen and oxygen atoms in total. The van der Waals surface area contributed by atoms with Crippen molar-refractivity contribution < 1.29 is 9.18 Å². The number of likely N-dealkylation sites (N-methyl/N-ethyl adjacent to an activating group) is 1. The van der Waals surface area contributed by atoms with Crippen LogP contribution in [0.5, 0.6) is 0 Å². The van der Waals surface area contributed by atoms with Crippen LogP contribution in [0.15, 0.2) is 24.3 Å². The average Bonchev–Trinajstić information content (AvgIpc) is 2.48. The van der Waals surface area contributed by atoms with Crippen molar-refractivity contribution in [1.82, 2.24) is 10.2 Å². The van der Waals surface area contributed by atoms with Gasteiger partial charge < -0.3 is 16.0 Å². The summed E-state index contributed by atoms with van der Waals surface area (Å²) in [5.74, 6) is -0.176. The molecule has 0 saturated heterocycles. The maximum atomic E-state index is 13.0. The molecule has 0 heterocycles. The molecule has 0 aromatic heterocycles. The molecule has 0 saturated carbocycles. The van der Waals surface area contributed by atoms with E-state index in [1.54, 1.807) is 12.1 Å². The standard InChI is InChI=1S/C17H28FN3O.2ClH/c1-21(2)16(14-8-10-15(18)11-9-14)13-20-17(22)7-5-3-4-6-12-19;;/h8-11,16H,3-7,12-13,19H2,1-2H3,(H,20,22);2*1H. The average molecular weight is 382 g/mol. The van der Waals surface area contributed by atoms with E-state index in [0.717, 1.165) is 31.2 Å². The second-order valence-corrected chi connectivity index (χ2v) is 5.79. The van der Waals surface area contributed by atoms with Crippen molar-refractivity contribution in [2.75, 3.05) is 27.2 Å². The second kappa shape index (κ2) is 14.5. The van der Waals surface area contributed by atoms with Gasteiger partial charge in [0, 0.05) is 13.0 Å². The molecule has 0 fully saturated rings. The molecular formula is C17H30Cl2FN3O. The molecule has 3 N–H and O–H groups in total. The van der Waals surface area contributed by atoms with Gasteiger partial charge in [-0.15, -0.1) is 24.8 Å². The van der Waals surface area contributed by atoms with Gasteiger partial charge in [-0.1, -0.05) is 25.0 Å². The number of hydrogen-bond donors (Lipinski definition) is 2. The van der Waals surface area contributed by atoms with Gasteiger partial charge >= 0.3 is 0 Å². The van der Waals surface area contributed by atoms with Gasteiger partial charge in [0.1, 0.15) is 5.82 Å². The molecule has 1 rings (SSSR count). The number of hydrogen-bond acceptors (Lipinski definition) is 3. The Balaban J connectivity index is 0. The largest absolute Gasteiger partial charge is 0.354 e. The van der Waals surface area contributed by atoms with Gasteiger partial charge in [-0.2, -0.15) is 0 Å². The topological polar surface area (TPSA) is 58.4 Å². The highest BCUT2D eigenvalue weighted by molar-refractivity contribution is 5.85. The number of carbonyl (C=O) groups excluding carboxylic acids is 1. The smallest absolute Gasteiger partial charge is 0.220 e. The lowest BCUT2D eigenvalue weighted by Gasteiger charge is -2.25. The Hall–Kier alpha value is -0.880. The Labute approximate surface area is 157 Å². The van der Waals surface area contributed by atoms with Crippen LogP contribution >= 0.6 is 24.8 Å². The van der Waals surface area contributed by atoms with Gasteiger partial charge in [-0.3, -0.25) is 4.79 Å². The second-order valence-electron chi connectivity index (χ2n) is 5.79. The molecule has 0 aliphatic carbocycles. The van der Waals surface area contributed by atoms with E-state index < -0.39 is 0 Å². The molecule has 1 atom stereocenters. The van der Waals surface area contributed by atoms with Crippen molar-refractivity contribution in [3.05, 3.63) is 35.6 Å². The number of nitrogens with one attached hydrogen (secondary N) is 1. The first-order valence-corrected chi connectivity index (χ1v) is 7.93. The zero-order chi connectivity index (χ0) is 16.4. The Kier molecular flexibility index (Phi) is 15.3. The molecule has 1 unspecified atom stereocenters. The van der Waals surface area contributed by atoms with Crippen molar-refractivity contribution in [2.24, 2.45) is 5.73 Å². The zero-order valence-electron chi connectivity index (χ0n) is 14.5. The van der Waals surface area contributed by atoms with Crippen LogP contribution < -0.4 is 11.1 Å². The van der Waals surface area contributed by atoms with E-state index in [0.29, 0.717) is 19.5 Å². The molecule has 24 heavy (non-hydrogen) atoms. The highest BCUT2D eigenvalue weighted by Crippen LogP contribution is 2.17. The van der Waals surface area contributed by atoms with Crippen LogP contribution in [0.25, 0.3) is 0 Å². The summed E-state index contributed by atoms with van der Waals surface area (Å²) in [6.45, 7) is 1.24. The molecule has 0 bridgehead atoms. The molecule has 0 radical (unpaired) electrons. The summed E-state index contributed by atoms with van der Waals surface area (Å²) in [5, 5.41) is 2.97. The maximum absolute atomic E-state index is 13.0. The number of unbranched alkanes of at least 4 members (excludes halogenated alkanes) is 3. The number of benzene rings is 1. The normalized spacial score (nSPS) is 11.4. The third-order valence-electron chi connectivity index (χ3n) is 3.73.